The second-order valence-corrected chi connectivity index (χ2v) is 1.38. The Bertz CT molecular complexity index is 177. The van der Waals surface area contributed by atoms with E-state index < -0.39 is 12.1 Å². The van der Waals surface area contributed by atoms with Crippen molar-refractivity contribution in [3.05, 3.63) is 0 Å². The minimum atomic E-state index is -0.745. The molecule has 6 nitrogen and oxygen atoms in total. The van der Waals surface area contributed by atoms with Crippen LogP contribution in [0, 0.1) is 0 Å². The van der Waals surface area contributed by atoms with E-state index in [2.05, 4.69) is 14.6 Å². The lowest BCUT2D eigenvalue weighted by Crippen LogP contribution is -2.18. The maximum absolute atomic E-state index is 10.3. The molecule has 0 aromatic heterocycles. The molecule has 1 amide bonds. The third kappa shape index (κ3) is 4.89. The Hall–Kier alpha value is -1.59. The summed E-state index contributed by atoms with van der Waals surface area (Å²) >= 11 is 0. The average molecular weight is 160 g/mol. The molecule has 0 aliphatic heterocycles. The normalized spacial score (nSPS) is 9.27. The molecule has 0 aliphatic rings. The number of hydrogen-bond acceptors (Lipinski definition) is 5. The van der Waals surface area contributed by atoms with Gasteiger partial charge in [-0.05, 0) is 0 Å². The average Bonchev–Trinajstić information content (AvgIpc) is 2.04. The zero-order valence-electron chi connectivity index (χ0n) is 6.16. The summed E-state index contributed by atoms with van der Waals surface area (Å²) in [5, 5.41) is 3.19. The van der Waals surface area contributed by atoms with E-state index >= 15 is 0 Å². The van der Waals surface area contributed by atoms with Gasteiger partial charge in [0.2, 0.25) is 0 Å². The highest BCUT2D eigenvalue weighted by atomic mass is 16.5. The maximum atomic E-state index is 10.3. The number of hydrazone groups is 1. The molecule has 0 aromatic carbocycles. The van der Waals surface area contributed by atoms with E-state index in [9.17, 15) is 9.59 Å². The molecule has 62 valence electrons. The SMILES string of the molecule is COC(=O)C=NNC(=O)OC. The number of esters is 1. The first-order chi connectivity index (χ1) is 5.20. The lowest BCUT2D eigenvalue weighted by Gasteiger charge is -1.93. The van der Waals surface area contributed by atoms with Crippen molar-refractivity contribution in [1.29, 1.82) is 0 Å². The number of nitrogens with zero attached hydrogens (tertiary/aromatic N) is 1. The molecule has 0 saturated carbocycles. The monoisotopic (exact) mass is 160 g/mol. The molecule has 0 unspecified atom stereocenters. The number of methoxy groups -OCH3 is 2. The zero-order chi connectivity index (χ0) is 8.69. The smallest absolute Gasteiger partial charge is 0.427 e. The van der Waals surface area contributed by atoms with E-state index in [0.717, 1.165) is 6.21 Å². The Morgan fingerprint density at radius 3 is 2.45 bits per heavy atom. The van der Waals surface area contributed by atoms with Crippen molar-refractivity contribution >= 4 is 18.3 Å². The summed E-state index contributed by atoms with van der Waals surface area (Å²) < 4.78 is 8.34. The van der Waals surface area contributed by atoms with Crippen LogP contribution in [0.15, 0.2) is 5.10 Å². The fourth-order valence-electron chi connectivity index (χ4n) is 0.236. The minimum Gasteiger partial charge on any atom is -0.465 e. The van der Waals surface area contributed by atoms with Crippen molar-refractivity contribution in [2.45, 2.75) is 0 Å². The van der Waals surface area contributed by atoms with Crippen LogP contribution in [0.3, 0.4) is 0 Å². The van der Waals surface area contributed by atoms with Gasteiger partial charge in [-0.15, -0.1) is 0 Å². The van der Waals surface area contributed by atoms with E-state index in [0.29, 0.717) is 0 Å². The number of carbonyl (C=O) groups is 2. The van der Waals surface area contributed by atoms with Gasteiger partial charge in [-0.2, -0.15) is 5.10 Å². The van der Waals surface area contributed by atoms with Gasteiger partial charge < -0.3 is 9.47 Å². The quantitative estimate of drug-likeness (QED) is 0.335. The van der Waals surface area contributed by atoms with E-state index in [1.54, 1.807) is 0 Å². The number of hydrogen-bond donors (Lipinski definition) is 1. The first-order valence-electron chi connectivity index (χ1n) is 2.65. The van der Waals surface area contributed by atoms with Crippen molar-refractivity contribution in [1.82, 2.24) is 5.43 Å². The van der Waals surface area contributed by atoms with Crippen molar-refractivity contribution in [3.63, 3.8) is 0 Å². The lowest BCUT2D eigenvalue weighted by atomic mass is 10.8. The Balaban J connectivity index is 3.60. The third-order valence-corrected chi connectivity index (χ3v) is 0.712. The summed E-state index contributed by atoms with van der Waals surface area (Å²) in [5.41, 5.74) is 1.90. The fourth-order valence-corrected chi connectivity index (χ4v) is 0.236. The fraction of sp³-hybridized carbons (Fsp3) is 0.400. The minimum absolute atomic E-state index is 0.651. The Labute approximate surface area is 63.2 Å². The molecule has 0 bridgehead atoms. The molecule has 0 atom stereocenters. The van der Waals surface area contributed by atoms with Crippen molar-refractivity contribution < 1.29 is 19.1 Å². The summed E-state index contributed by atoms with van der Waals surface area (Å²) in [6.45, 7) is 0. The highest BCUT2D eigenvalue weighted by Crippen LogP contribution is 1.70. The molecule has 0 aromatic rings. The molecule has 0 aliphatic carbocycles. The predicted molar refractivity (Wildman–Crippen MR) is 36.0 cm³/mol. The van der Waals surface area contributed by atoms with Crippen molar-refractivity contribution in [3.8, 4) is 0 Å². The van der Waals surface area contributed by atoms with Crippen LogP contribution in [0.2, 0.25) is 0 Å². The summed E-state index contributed by atoms with van der Waals surface area (Å²) in [6, 6.07) is 0. The maximum Gasteiger partial charge on any atom is 0.427 e. The zero-order valence-corrected chi connectivity index (χ0v) is 6.16. The van der Waals surface area contributed by atoms with Gasteiger partial charge in [-0.1, -0.05) is 0 Å². The van der Waals surface area contributed by atoms with Crippen molar-refractivity contribution in [2.75, 3.05) is 14.2 Å². The van der Waals surface area contributed by atoms with Gasteiger partial charge in [0.25, 0.3) is 0 Å². The first kappa shape index (κ1) is 9.41. The number of nitrogens with one attached hydrogen (secondary N) is 1. The second kappa shape index (κ2) is 5.21. The Kier molecular flexibility index (Phi) is 4.46. The van der Waals surface area contributed by atoms with Gasteiger partial charge in [0.1, 0.15) is 6.21 Å². The Morgan fingerprint density at radius 1 is 1.36 bits per heavy atom. The van der Waals surface area contributed by atoms with E-state index in [4.69, 9.17) is 0 Å². The number of ether oxygens (including phenoxy) is 2. The largest absolute Gasteiger partial charge is 0.465 e. The molecule has 6 heteroatoms. The molecule has 11 heavy (non-hydrogen) atoms. The molecule has 0 heterocycles. The van der Waals surface area contributed by atoms with Gasteiger partial charge in [0, 0.05) is 0 Å². The van der Waals surface area contributed by atoms with Gasteiger partial charge in [-0.25, -0.2) is 15.0 Å². The highest BCUT2D eigenvalue weighted by molar-refractivity contribution is 6.23. The first-order valence-corrected chi connectivity index (χ1v) is 2.65. The highest BCUT2D eigenvalue weighted by Gasteiger charge is 1.94. The molecule has 0 rings (SSSR count). The summed E-state index contributed by atoms with van der Waals surface area (Å²) in [4.78, 5) is 20.6. The second-order valence-electron chi connectivity index (χ2n) is 1.38. The van der Waals surface area contributed by atoms with Crippen LogP contribution < -0.4 is 5.43 Å². The molecular weight excluding hydrogens is 152 g/mol. The van der Waals surface area contributed by atoms with Gasteiger partial charge >= 0.3 is 12.1 Å². The summed E-state index contributed by atoms with van der Waals surface area (Å²) in [5.74, 6) is -0.651. The number of rotatable bonds is 2. The van der Waals surface area contributed by atoms with E-state index in [1.807, 2.05) is 5.43 Å². The topological polar surface area (TPSA) is 77.0 Å². The van der Waals surface area contributed by atoms with Crippen LogP contribution in [0.4, 0.5) is 4.79 Å². The van der Waals surface area contributed by atoms with E-state index in [-0.39, 0.29) is 0 Å². The predicted octanol–water partition coefficient (Wildman–Crippen LogP) is -0.499. The molecule has 0 radical (unpaired) electrons. The third-order valence-electron chi connectivity index (χ3n) is 0.712. The Morgan fingerprint density at radius 2 is 2.00 bits per heavy atom. The van der Waals surface area contributed by atoms with E-state index in [1.165, 1.54) is 14.2 Å². The van der Waals surface area contributed by atoms with Gasteiger partial charge in [0.15, 0.2) is 0 Å². The van der Waals surface area contributed by atoms with Crippen LogP contribution in [-0.2, 0) is 14.3 Å². The lowest BCUT2D eigenvalue weighted by molar-refractivity contribution is -0.132. The summed E-state index contributed by atoms with van der Waals surface area (Å²) in [6.07, 6.45) is 0.0712. The van der Waals surface area contributed by atoms with Gasteiger partial charge in [-0.3, -0.25) is 0 Å². The molecule has 1 N–H and O–H groups in total. The summed E-state index contributed by atoms with van der Waals surface area (Å²) in [7, 11) is 2.38. The van der Waals surface area contributed by atoms with Crippen LogP contribution in [0.25, 0.3) is 0 Å². The van der Waals surface area contributed by atoms with Crippen LogP contribution >= 0.6 is 0 Å². The van der Waals surface area contributed by atoms with Crippen LogP contribution in [0.5, 0.6) is 0 Å². The van der Waals surface area contributed by atoms with Gasteiger partial charge in [0.05, 0.1) is 14.2 Å². The van der Waals surface area contributed by atoms with Crippen LogP contribution in [0.1, 0.15) is 0 Å². The van der Waals surface area contributed by atoms with Crippen LogP contribution in [-0.4, -0.2) is 32.5 Å². The number of carbonyl (C=O) groups excluding carboxylic acids is 2. The molecule has 0 spiro atoms. The molecule has 0 saturated heterocycles. The molecular formula is C5H8N2O4. The van der Waals surface area contributed by atoms with Crippen molar-refractivity contribution in [2.24, 2.45) is 5.10 Å². The standard InChI is InChI=1S/C5H8N2O4/c1-10-4(8)3-6-7-5(9)11-2/h3H,1-2H3,(H,7,9). The number of amides is 1. The molecule has 0 fully saturated rings.